The van der Waals surface area contributed by atoms with Crippen molar-refractivity contribution in [1.82, 2.24) is 0 Å². The molecule has 5 rings (SSSR count). The second-order valence-electron chi connectivity index (χ2n) is 9.43. The van der Waals surface area contributed by atoms with E-state index in [1.165, 1.54) is 6.92 Å². The number of benzene rings is 3. The van der Waals surface area contributed by atoms with Crippen molar-refractivity contribution in [1.29, 1.82) is 0 Å². The average molecular weight is 514 g/mol. The minimum absolute atomic E-state index is 0.0637. The van der Waals surface area contributed by atoms with Crippen molar-refractivity contribution in [3.8, 4) is 17.2 Å². The number of carbonyl (C=O) groups is 2. The first kappa shape index (κ1) is 25.2. The van der Waals surface area contributed by atoms with Crippen LogP contribution in [0.4, 0.5) is 17.1 Å². The van der Waals surface area contributed by atoms with Crippen LogP contribution in [-0.4, -0.2) is 33.0 Å². The number of para-hydroxylation sites is 2. The fourth-order valence-corrected chi connectivity index (χ4v) is 5.28. The Morgan fingerprint density at radius 2 is 1.53 bits per heavy atom. The summed E-state index contributed by atoms with van der Waals surface area (Å²) in [6, 6.07) is 19.0. The van der Waals surface area contributed by atoms with Crippen LogP contribution in [0.2, 0.25) is 0 Å². The highest BCUT2D eigenvalue weighted by molar-refractivity contribution is 6.01. The molecule has 1 amide bonds. The lowest BCUT2D eigenvalue weighted by molar-refractivity contribution is -0.116. The van der Waals surface area contributed by atoms with Crippen LogP contribution in [-0.2, 0) is 9.59 Å². The second-order valence-corrected chi connectivity index (χ2v) is 9.43. The third-order valence-corrected chi connectivity index (χ3v) is 7.03. The molecular weight excluding hydrogens is 482 g/mol. The number of Topliss-reactive ketones (excluding diaryl/α,β-unsaturated/α-hetero) is 1. The summed E-state index contributed by atoms with van der Waals surface area (Å²) >= 11 is 0. The average Bonchev–Trinajstić information content (AvgIpc) is 3.09. The van der Waals surface area contributed by atoms with E-state index < -0.39 is 0 Å². The Balaban J connectivity index is 1.56. The molecule has 0 bridgehead atoms. The summed E-state index contributed by atoms with van der Waals surface area (Å²) in [4.78, 5) is 25.3. The number of methoxy groups -OCH3 is 3. The van der Waals surface area contributed by atoms with Crippen LogP contribution in [0, 0.1) is 0 Å². The predicted octanol–water partition coefficient (Wildman–Crippen LogP) is 5.65. The minimum Gasteiger partial charge on any atom is -0.493 e. The molecule has 1 aliphatic carbocycles. The van der Waals surface area contributed by atoms with Gasteiger partial charge in [0, 0.05) is 30.3 Å². The fraction of sp³-hybridized carbons (Fsp3) is 0.267. The van der Waals surface area contributed by atoms with Gasteiger partial charge in [0.05, 0.1) is 38.7 Å². The quantitative estimate of drug-likeness (QED) is 0.392. The number of hydrogen-bond donors (Lipinski definition) is 3. The Morgan fingerprint density at radius 1 is 0.868 bits per heavy atom. The number of rotatable bonds is 6. The van der Waals surface area contributed by atoms with Crippen molar-refractivity contribution in [2.24, 2.45) is 0 Å². The van der Waals surface area contributed by atoms with Crippen molar-refractivity contribution in [2.75, 3.05) is 37.3 Å². The zero-order valence-electron chi connectivity index (χ0n) is 21.9. The third-order valence-electron chi connectivity index (χ3n) is 7.03. The summed E-state index contributed by atoms with van der Waals surface area (Å²) in [6.45, 7) is 1.48. The van der Waals surface area contributed by atoms with Gasteiger partial charge in [-0.2, -0.15) is 0 Å². The van der Waals surface area contributed by atoms with E-state index >= 15 is 0 Å². The predicted molar refractivity (Wildman–Crippen MR) is 147 cm³/mol. The molecule has 0 unspecified atom stereocenters. The molecule has 196 valence electrons. The number of amides is 1. The topological polar surface area (TPSA) is 97.9 Å². The standard InChI is InChI=1S/C30H31N3O5/c1-17(34)31-21-11-9-18(10-12-21)29-28-24(32-22-7-5-6-8-23(22)33-29)13-19(14-25(28)35)20-15-26(36-2)30(38-4)27(16-20)37-3/h5-12,15-16,19,29,32-33H,13-14H2,1-4H3,(H,31,34)/t19-,29-/m0/s1. The van der Waals surface area contributed by atoms with Crippen molar-refractivity contribution >= 4 is 28.8 Å². The highest BCUT2D eigenvalue weighted by Gasteiger charge is 2.36. The maximum absolute atomic E-state index is 13.9. The van der Waals surface area contributed by atoms with E-state index in [1.807, 2.05) is 60.7 Å². The number of carbonyl (C=O) groups excluding carboxylic acids is 2. The normalized spacial score (nSPS) is 18.3. The Morgan fingerprint density at radius 3 is 2.13 bits per heavy atom. The maximum atomic E-state index is 13.9. The largest absolute Gasteiger partial charge is 0.493 e. The molecule has 2 aliphatic rings. The van der Waals surface area contributed by atoms with E-state index in [2.05, 4.69) is 16.0 Å². The first-order chi connectivity index (χ1) is 18.4. The zero-order valence-corrected chi connectivity index (χ0v) is 21.9. The number of fused-ring (bicyclic) bond motifs is 1. The molecule has 3 aromatic carbocycles. The van der Waals surface area contributed by atoms with Crippen LogP contribution in [0.25, 0.3) is 0 Å². The van der Waals surface area contributed by atoms with E-state index in [9.17, 15) is 9.59 Å². The van der Waals surface area contributed by atoms with Gasteiger partial charge in [0.1, 0.15) is 0 Å². The van der Waals surface area contributed by atoms with Crippen molar-refractivity contribution in [3.63, 3.8) is 0 Å². The molecule has 3 N–H and O–H groups in total. The monoisotopic (exact) mass is 513 g/mol. The number of ketones is 1. The third kappa shape index (κ3) is 4.77. The molecule has 38 heavy (non-hydrogen) atoms. The van der Waals surface area contributed by atoms with Crippen molar-refractivity contribution in [3.05, 3.63) is 83.1 Å². The Bertz CT molecular complexity index is 1390. The molecule has 1 heterocycles. The van der Waals surface area contributed by atoms with Crippen LogP contribution in [0.5, 0.6) is 17.2 Å². The molecule has 0 spiro atoms. The van der Waals surface area contributed by atoms with Gasteiger partial charge in [0.2, 0.25) is 11.7 Å². The number of allylic oxidation sites excluding steroid dienone is 1. The summed E-state index contributed by atoms with van der Waals surface area (Å²) in [5.74, 6) is 1.51. The molecule has 0 saturated carbocycles. The molecule has 0 fully saturated rings. The summed E-state index contributed by atoms with van der Waals surface area (Å²) in [7, 11) is 4.75. The van der Waals surface area contributed by atoms with Gasteiger partial charge in [0.25, 0.3) is 0 Å². The lowest BCUT2D eigenvalue weighted by Crippen LogP contribution is -2.27. The minimum atomic E-state index is -0.346. The molecule has 8 heteroatoms. The Kier molecular flexibility index (Phi) is 6.96. The van der Waals surface area contributed by atoms with Gasteiger partial charge in [-0.1, -0.05) is 24.3 Å². The lowest BCUT2D eigenvalue weighted by Gasteiger charge is -2.30. The number of ether oxygens (including phenoxy) is 3. The zero-order chi connectivity index (χ0) is 26.8. The molecule has 3 aromatic rings. The van der Waals surface area contributed by atoms with Gasteiger partial charge in [-0.15, -0.1) is 0 Å². The number of anilines is 3. The van der Waals surface area contributed by atoms with E-state index in [-0.39, 0.29) is 23.7 Å². The number of hydrogen-bond acceptors (Lipinski definition) is 7. The van der Waals surface area contributed by atoms with Gasteiger partial charge in [-0.3, -0.25) is 9.59 Å². The Labute approximate surface area is 222 Å². The van der Waals surface area contributed by atoms with Crippen LogP contribution < -0.4 is 30.2 Å². The van der Waals surface area contributed by atoms with Gasteiger partial charge >= 0.3 is 0 Å². The van der Waals surface area contributed by atoms with Gasteiger partial charge in [0.15, 0.2) is 17.3 Å². The van der Waals surface area contributed by atoms with Crippen molar-refractivity contribution < 1.29 is 23.8 Å². The maximum Gasteiger partial charge on any atom is 0.221 e. The van der Waals surface area contributed by atoms with E-state index in [0.29, 0.717) is 35.8 Å². The molecule has 0 radical (unpaired) electrons. The lowest BCUT2D eigenvalue weighted by atomic mass is 9.78. The molecule has 0 saturated heterocycles. The van der Waals surface area contributed by atoms with Crippen LogP contribution in [0.15, 0.2) is 71.9 Å². The van der Waals surface area contributed by atoms with E-state index in [4.69, 9.17) is 14.2 Å². The van der Waals surface area contributed by atoms with Gasteiger partial charge < -0.3 is 30.2 Å². The van der Waals surface area contributed by atoms with Crippen LogP contribution in [0.3, 0.4) is 0 Å². The molecular formula is C30H31N3O5. The van der Waals surface area contributed by atoms with Crippen LogP contribution in [0.1, 0.15) is 42.9 Å². The molecule has 1 aliphatic heterocycles. The molecule has 2 atom stereocenters. The van der Waals surface area contributed by atoms with Crippen LogP contribution >= 0.6 is 0 Å². The van der Waals surface area contributed by atoms with E-state index in [1.54, 1.807) is 21.3 Å². The van der Waals surface area contributed by atoms with E-state index in [0.717, 1.165) is 33.8 Å². The molecule has 8 nitrogen and oxygen atoms in total. The van der Waals surface area contributed by atoms with Gasteiger partial charge in [-0.05, 0) is 59.9 Å². The summed E-state index contributed by atoms with van der Waals surface area (Å²) < 4.78 is 16.6. The first-order valence-corrected chi connectivity index (χ1v) is 12.5. The Hall–Kier alpha value is -4.46. The van der Waals surface area contributed by atoms with Crippen molar-refractivity contribution in [2.45, 2.75) is 31.7 Å². The highest BCUT2D eigenvalue weighted by atomic mass is 16.5. The summed E-state index contributed by atoms with van der Waals surface area (Å²) in [5, 5.41) is 9.95. The number of nitrogens with one attached hydrogen (secondary N) is 3. The fourth-order valence-electron chi connectivity index (χ4n) is 5.28. The summed E-state index contributed by atoms with van der Waals surface area (Å²) in [6.07, 6.45) is 0.980. The molecule has 0 aromatic heterocycles. The SMILES string of the molecule is COc1cc([C@@H]2CC(=O)C3=C(C2)Nc2ccccc2N[C@H]3c2ccc(NC(C)=O)cc2)cc(OC)c1OC. The highest BCUT2D eigenvalue weighted by Crippen LogP contribution is 2.47. The summed E-state index contributed by atoms with van der Waals surface area (Å²) in [5.41, 5.74) is 6.02. The smallest absolute Gasteiger partial charge is 0.221 e. The van der Waals surface area contributed by atoms with Gasteiger partial charge in [-0.25, -0.2) is 0 Å². The first-order valence-electron chi connectivity index (χ1n) is 12.5. The second kappa shape index (κ2) is 10.5.